The van der Waals surface area contributed by atoms with Crippen molar-refractivity contribution in [2.45, 2.75) is 25.8 Å². The van der Waals surface area contributed by atoms with E-state index < -0.39 is 0 Å². The standard InChI is InChI=1S/C22H21N3O2/c26-21(24-14-20-18-7-3-1-5-15(18)11-12-23-20)10-9-17-13-16-6-2-4-8-19(16)25-22(17)27/h1-8,11-12,17H,9-10,13-14H2,(H,24,26)(H,25,27). The van der Waals surface area contributed by atoms with Crippen LogP contribution in [0.15, 0.2) is 60.8 Å². The first-order valence-corrected chi connectivity index (χ1v) is 9.19. The van der Waals surface area contributed by atoms with E-state index in [2.05, 4.69) is 15.6 Å². The van der Waals surface area contributed by atoms with Crippen LogP contribution in [0.2, 0.25) is 0 Å². The number of benzene rings is 2. The minimum atomic E-state index is -0.165. The Kier molecular flexibility index (Phi) is 4.83. The van der Waals surface area contributed by atoms with E-state index in [4.69, 9.17) is 0 Å². The molecule has 1 atom stereocenters. The molecule has 0 spiro atoms. The maximum Gasteiger partial charge on any atom is 0.227 e. The van der Waals surface area contributed by atoms with Crippen LogP contribution >= 0.6 is 0 Å². The number of anilines is 1. The highest BCUT2D eigenvalue weighted by molar-refractivity contribution is 5.96. The Bertz CT molecular complexity index is 994. The lowest BCUT2D eigenvalue weighted by Crippen LogP contribution is -2.31. The Hall–Kier alpha value is -3.21. The number of nitrogens with zero attached hydrogens (tertiary/aromatic N) is 1. The Balaban J connectivity index is 1.33. The fourth-order valence-electron chi connectivity index (χ4n) is 3.55. The molecule has 0 saturated carbocycles. The van der Waals surface area contributed by atoms with Crippen molar-refractivity contribution in [3.63, 3.8) is 0 Å². The van der Waals surface area contributed by atoms with E-state index in [1.807, 2.05) is 54.6 Å². The first kappa shape index (κ1) is 17.2. The SMILES string of the molecule is O=C(CCC1Cc2ccccc2NC1=O)NCc1nccc2ccccc12. The fraction of sp³-hybridized carbons (Fsp3) is 0.227. The molecule has 0 fully saturated rings. The van der Waals surface area contributed by atoms with Crippen LogP contribution in [0.1, 0.15) is 24.1 Å². The van der Waals surface area contributed by atoms with Crippen LogP contribution in [-0.2, 0) is 22.6 Å². The van der Waals surface area contributed by atoms with E-state index in [1.54, 1.807) is 6.20 Å². The maximum atomic E-state index is 12.3. The molecular weight excluding hydrogens is 338 g/mol. The van der Waals surface area contributed by atoms with Gasteiger partial charge < -0.3 is 10.6 Å². The molecule has 2 N–H and O–H groups in total. The normalized spacial score (nSPS) is 15.9. The topological polar surface area (TPSA) is 71.1 Å². The summed E-state index contributed by atoms with van der Waals surface area (Å²) in [4.78, 5) is 28.9. The number of aromatic nitrogens is 1. The molecule has 1 aliphatic heterocycles. The van der Waals surface area contributed by atoms with Gasteiger partial charge in [-0.1, -0.05) is 42.5 Å². The molecule has 136 valence electrons. The van der Waals surface area contributed by atoms with Crippen LogP contribution in [0.4, 0.5) is 5.69 Å². The van der Waals surface area contributed by atoms with E-state index in [0.717, 1.165) is 27.7 Å². The number of carbonyl (C=O) groups is 2. The number of hydrogen-bond donors (Lipinski definition) is 2. The average Bonchev–Trinajstić information content (AvgIpc) is 2.70. The van der Waals surface area contributed by atoms with Crippen molar-refractivity contribution in [3.05, 3.63) is 72.1 Å². The highest BCUT2D eigenvalue weighted by atomic mass is 16.2. The molecule has 1 unspecified atom stereocenters. The van der Waals surface area contributed by atoms with Crippen LogP contribution in [0.25, 0.3) is 10.8 Å². The van der Waals surface area contributed by atoms with Gasteiger partial charge in [0.1, 0.15) is 0 Å². The zero-order chi connectivity index (χ0) is 18.6. The van der Waals surface area contributed by atoms with Gasteiger partial charge >= 0.3 is 0 Å². The van der Waals surface area contributed by atoms with Crippen LogP contribution in [0.3, 0.4) is 0 Å². The molecule has 5 nitrogen and oxygen atoms in total. The van der Waals surface area contributed by atoms with Gasteiger partial charge in [0, 0.05) is 29.6 Å². The number of amides is 2. The number of para-hydroxylation sites is 1. The Morgan fingerprint density at radius 2 is 1.93 bits per heavy atom. The molecule has 1 aliphatic rings. The van der Waals surface area contributed by atoms with E-state index >= 15 is 0 Å². The van der Waals surface area contributed by atoms with Gasteiger partial charge in [0.15, 0.2) is 0 Å². The first-order valence-electron chi connectivity index (χ1n) is 9.19. The lowest BCUT2D eigenvalue weighted by Gasteiger charge is -2.24. The van der Waals surface area contributed by atoms with Gasteiger partial charge in [0.25, 0.3) is 0 Å². The molecule has 0 aliphatic carbocycles. The van der Waals surface area contributed by atoms with Crippen molar-refractivity contribution in [1.82, 2.24) is 10.3 Å². The third-order valence-electron chi connectivity index (χ3n) is 5.04. The zero-order valence-electron chi connectivity index (χ0n) is 14.9. The summed E-state index contributed by atoms with van der Waals surface area (Å²) >= 11 is 0. The lowest BCUT2D eigenvalue weighted by atomic mass is 9.89. The third-order valence-corrected chi connectivity index (χ3v) is 5.04. The second-order valence-electron chi connectivity index (χ2n) is 6.84. The van der Waals surface area contributed by atoms with Crippen molar-refractivity contribution in [3.8, 4) is 0 Å². The summed E-state index contributed by atoms with van der Waals surface area (Å²) < 4.78 is 0. The number of hydrogen-bond acceptors (Lipinski definition) is 3. The lowest BCUT2D eigenvalue weighted by molar-refractivity contribution is -0.123. The predicted octanol–water partition coefficient (Wildman–Crippen LogP) is 3.44. The van der Waals surface area contributed by atoms with E-state index in [1.165, 1.54) is 0 Å². The summed E-state index contributed by atoms with van der Waals surface area (Å²) in [6.07, 6.45) is 3.30. The van der Waals surface area contributed by atoms with Gasteiger partial charge in [0.05, 0.1) is 12.2 Å². The number of rotatable bonds is 5. The molecule has 2 amide bonds. The molecule has 5 heteroatoms. The maximum absolute atomic E-state index is 12.3. The first-order chi connectivity index (χ1) is 13.2. The molecule has 2 heterocycles. The van der Waals surface area contributed by atoms with Crippen molar-refractivity contribution < 1.29 is 9.59 Å². The quantitative estimate of drug-likeness (QED) is 0.733. The molecule has 0 radical (unpaired) electrons. The van der Waals surface area contributed by atoms with Gasteiger partial charge in [0.2, 0.25) is 11.8 Å². The Morgan fingerprint density at radius 3 is 2.85 bits per heavy atom. The average molecular weight is 359 g/mol. The predicted molar refractivity (Wildman–Crippen MR) is 105 cm³/mol. The highest BCUT2D eigenvalue weighted by Crippen LogP contribution is 2.27. The number of fused-ring (bicyclic) bond motifs is 2. The van der Waals surface area contributed by atoms with Crippen molar-refractivity contribution in [1.29, 1.82) is 0 Å². The minimum Gasteiger partial charge on any atom is -0.350 e. The smallest absolute Gasteiger partial charge is 0.227 e. The summed E-state index contributed by atoms with van der Waals surface area (Å²) in [6, 6.07) is 17.8. The summed E-state index contributed by atoms with van der Waals surface area (Å²) in [7, 11) is 0. The second kappa shape index (κ2) is 7.58. The van der Waals surface area contributed by atoms with Crippen LogP contribution in [0, 0.1) is 5.92 Å². The second-order valence-corrected chi connectivity index (χ2v) is 6.84. The molecule has 4 rings (SSSR count). The van der Waals surface area contributed by atoms with Gasteiger partial charge in [-0.15, -0.1) is 0 Å². The van der Waals surface area contributed by atoms with E-state index in [0.29, 0.717) is 25.8 Å². The van der Waals surface area contributed by atoms with Crippen LogP contribution < -0.4 is 10.6 Å². The van der Waals surface area contributed by atoms with Crippen molar-refractivity contribution >= 4 is 28.3 Å². The minimum absolute atomic E-state index is 0.00257. The summed E-state index contributed by atoms with van der Waals surface area (Å²) in [5.41, 5.74) is 2.86. The summed E-state index contributed by atoms with van der Waals surface area (Å²) in [5.74, 6) is -0.227. The zero-order valence-corrected chi connectivity index (χ0v) is 14.9. The summed E-state index contributed by atoms with van der Waals surface area (Å²) in [6.45, 7) is 0.389. The van der Waals surface area contributed by atoms with Gasteiger partial charge in [-0.25, -0.2) is 0 Å². The third kappa shape index (κ3) is 3.82. The number of nitrogens with one attached hydrogen (secondary N) is 2. The molecule has 27 heavy (non-hydrogen) atoms. The molecule has 2 aromatic carbocycles. The highest BCUT2D eigenvalue weighted by Gasteiger charge is 2.26. The molecular formula is C22H21N3O2. The molecule has 0 bridgehead atoms. The van der Waals surface area contributed by atoms with Crippen molar-refractivity contribution in [2.75, 3.05) is 5.32 Å². The largest absolute Gasteiger partial charge is 0.350 e. The molecule has 1 aromatic heterocycles. The number of pyridine rings is 1. The monoisotopic (exact) mass is 359 g/mol. The Morgan fingerprint density at radius 1 is 1.11 bits per heavy atom. The van der Waals surface area contributed by atoms with E-state index in [-0.39, 0.29) is 17.7 Å². The number of carbonyl (C=O) groups excluding carboxylic acids is 2. The Labute approximate surface area is 157 Å². The summed E-state index contributed by atoms with van der Waals surface area (Å²) in [5, 5.41) is 8.01. The van der Waals surface area contributed by atoms with Crippen LogP contribution in [0.5, 0.6) is 0 Å². The van der Waals surface area contributed by atoms with Gasteiger partial charge in [-0.2, -0.15) is 0 Å². The molecule has 3 aromatic rings. The van der Waals surface area contributed by atoms with Gasteiger partial charge in [-0.3, -0.25) is 14.6 Å². The van der Waals surface area contributed by atoms with Crippen molar-refractivity contribution in [2.24, 2.45) is 5.92 Å². The fourth-order valence-corrected chi connectivity index (χ4v) is 3.55. The van der Waals surface area contributed by atoms with Gasteiger partial charge in [-0.05, 0) is 35.9 Å². The molecule has 0 saturated heterocycles. The van der Waals surface area contributed by atoms with Crippen LogP contribution in [-0.4, -0.2) is 16.8 Å². The van der Waals surface area contributed by atoms with E-state index in [9.17, 15) is 9.59 Å².